The number of hydrogen-bond acceptors (Lipinski definition) is 3. The van der Waals surface area contributed by atoms with Crippen molar-refractivity contribution in [2.45, 2.75) is 13.0 Å². The van der Waals surface area contributed by atoms with Gasteiger partial charge in [-0.15, -0.1) is 0 Å². The van der Waals surface area contributed by atoms with E-state index in [1.165, 1.54) is 5.56 Å². The Hall–Kier alpha value is -0.580. The fourth-order valence-electron chi connectivity index (χ4n) is 1.44. The van der Waals surface area contributed by atoms with Crippen molar-refractivity contribution in [2.24, 2.45) is 0 Å². The number of ether oxygens (including phenoxy) is 1. The molecule has 0 bridgehead atoms. The largest absolute Gasteiger partial charge is 0.496 e. The highest BCUT2D eigenvalue weighted by atomic mass is 79.9. The van der Waals surface area contributed by atoms with Crippen LogP contribution in [-0.4, -0.2) is 27.2 Å². The Labute approximate surface area is 106 Å². The molecule has 0 heterocycles. The minimum absolute atomic E-state index is 0.874. The summed E-state index contributed by atoms with van der Waals surface area (Å²) in [5, 5.41) is 6.53. The van der Waals surface area contributed by atoms with E-state index in [1.54, 1.807) is 7.11 Å². The first-order valence-electron chi connectivity index (χ1n) is 5.45. The monoisotopic (exact) mass is 286 g/mol. The van der Waals surface area contributed by atoms with E-state index < -0.39 is 0 Å². The highest BCUT2D eigenvalue weighted by Gasteiger charge is 2.00. The molecule has 2 N–H and O–H groups in total. The van der Waals surface area contributed by atoms with Crippen molar-refractivity contribution in [2.75, 3.05) is 27.2 Å². The van der Waals surface area contributed by atoms with Gasteiger partial charge in [0.1, 0.15) is 5.75 Å². The molecule has 0 aromatic heterocycles. The van der Waals surface area contributed by atoms with Crippen molar-refractivity contribution in [3.8, 4) is 5.75 Å². The average molecular weight is 287 g/mol. The van der Waals surface area contributed by atoms with Crippen LogP contribution >= 0.6 is 15.9 Å². The highest BCUT2D eigenvalue weighted by Crippen LogP contribution is 2.25. The van der Waals surface area contributed by atoms with E-state index in [1.807, 2.05) is 13.1 Å². The Morgan fingerprint density at radius 3 is 2.75 bits per heavy atom. The number of benzene rings is 1. The molecule has 0 radical (unpaired) electrons. The molecule has 0 unspecified atom stereocenters. The Kier molecular flexibility index (Phi) is 6.45. The lowest BCUT2D eigenvalue weighted by atomic mass is 10.2. The molecule has 0 saturated carbocycles. The van der Waals surface area contributed by atoms with E-state index in [2.05, 4.69) is 38.7 Å². The maximum absolute atomic E-state index is 5.18. The van der Waals surface area contributed by atoms with Crippen molar-refractivity contribution in [3.05, 3.63) is 28.2 Å². The molecular formula is C12H19BrN2O. The van der Waals surface area contributed by atoms with E-state index in [-0.39, 0.29) is 0 Å². The minimum atomic E-state index is 0.874. The lowest BCUT2D eigenvalue weighted by Gasteiger charge is -2.07. The van der Waals surface area contributed by atoms with Gasteiger partial charge in [0, 0.05) is 6.54 Å². The van der Waals surface area contributed by atoms with Crippen LogP contribution in [0.3, 0.4) is 0 Å². The van der Waals surface area contributed by atoms with Gasteiger partial charge in [-0.05, 0) is 60.2 Å². The van der Waals surface area contributed by atoms with Gasteiger partial charge in [-0.2, -0.15) is 0 Å². The van der Waals surface area contributed by atoms with Gasteiger partial charge in [-0.3, -0.25) is 0 Å². The first-order valence-corrected chi connectivity index (χ1v) is 6.25. The predicted molar refractivity (Wildman–Crippen MR) is 70.9 cm³/mol. The van der Waals surface area contributed by atoms with Crippen molar-refractivity contribution in [3.63, 3.8) is 0 Å². The average Bonchev–Trinajstić information content (AvgIpc) is 2.29. The van der Waals surface area contributed by atoms with Crippen LogP contribution in [0, 0.1) is 0 Å². The minimum Gasteiger partial charge on any atom is -0.496 e. The third-order valence-corrected chi connectivity index (χ3v) is 2.95. The van der Waals surface area contributed by atoms with Crippen molar-refractivity contribution in [1.82, 2.24) is 10.6 Å². The lowest BCUT2D eigenvalue weighted by molar-refractivity contribution is 0.412. The molecule has 0 atom stereocenters. The van der Waals surface area contributed by atoms with Crippen LogP contribution in [-0.2, 0) is 6.54 Å². The molecule has 16 heavy (non-hydrogen) atoms. The second-order valence-electron chi connectivity index (χ2n) is 3.60. The number of nitrogens with one attached hydrogen (secondary N) is 2. The molecule has 0 amide bonds. The summed E-state index contributed by atoms with van der Waals surface area (Å²) in [5.74, 6) is 0.874. The van der Waals surface area contributed by atoms with Crippen LogP contribution in [0.1, 0.15) is 12.0 Å². The fraction of sp³-hybridized carbons (Fsp3) is 0.500. The molecule has 1 aromatic carbocycles. The first-order chi connectivity index (χ1) is 7.77. The second kappa shape index (κ2) is 7.65. The van der Waals surface area contributed by atoms with Crippen molar-refractivity contribution >= 4 is 15.9 Å². The van der Waals surface area contributed by atoms with Crippen LogP contribution in [0.25, 0.3) is 0 Å². The Balaban J connectivity index is 2.34. The molecular weight excluding hydrogens is 268 g/mol. The van der Waals surface area contributed by atoms with Crippen molar-refractivity contribution in [1.29, 1.82) is 0 Å². The Morgan fingerprint density at radius 2 is 2.12 bits per heavy atom. The van der Waals surface area contributed by atoms with Gasteiger partial charge in [-0.1, -0.05) is 6.07 Å². The van der Waals surface area contributed by atoms with Gasteiger partial charge >= 0.3 is 0 Å². The summed E-state index contributed by atoms with van der Waals surface area (Å²) in [7, 11) is 3.65. The van der Waals surface area contributed by atoms with E-state index in [4.69, 9.17) is 4.74 Å². The smallest absolute Gasteiger partial charge is 0.133 e. The van der Waals surface area contributed by atoms with Gasteiger partial charge in [-0.25, -0.2) is 0 Å². The van der Waals surface area contributed by atoms with Crippen LogP contribution in [0.5, 0.6) is 5.75 Å². The molecule has 4 heteroatoms. The third kappa shape index (κ3) is 4.51. The van der Waals surface area contributed by atoms with Gasteiger partial charge in [0.15, 0.2) is 0 Å². The van der Waals surface area contributed by atoms with Crippen LogP contribution in [0.15, 0.2) is 22.7 Å². The molecule has 1 rings (SSSR count). The zero-order chi connectivity index (χ0) is 11.8. The topological polar surface area (TPSA) is 33.3 Å². The van der Waals surface area contributed by atoms with E-state index >= 15 is 0 Å². The maximum Gasteiger partial charge on any atom is 0.133 e. The summed E-state index contributed by atoms with van der Waals surface area (Å²) in [6.45, 7) is 2.98. The summed E-state index contributed by atoms with van der Waals surface area (Å²) in [4.78, 5) is 0. The summed E-state index contributed by atoms with van der Waals surface area (Å²) >= 11 is 3.48. The SMILES string of the molecule is CNCCCNCc1ccc(OC)c(Br)c1. The summed E-state index contributed by atoms with van der Waals surface area (Å²) in [6, 6.07) is 6.15. The molecule has 3 nitrogen and oxygen atoms in total. The number of hydrogen-bond donors (Lipinski definition) is 2. The summed E-state index contributed by atoms with van der Waals surface area (Å²) in [6.07, 6.45) is 1.15. The molecule has 1 aromatic rings. The van der Waals surface area contributed by atoms with Gasteiger partial charge in [0.25, 0.3) is 0 Å². The molecule has 0 saturated heterocycles. The molecule has 0 aliphatic rings. The third-order valence-electron chi connectivity index (χ3n) is 2.33. The first kappa shape index (κ1) is 13.5. The number of methoxy groups -OCH3 is 1. The van der Waals surface area contributed by atoms with Crippen LogP contribution in [0.2, 0.25) is 0 Å². The highest BCUT2D eigenvalue weighted by molar-refractivity contribution is 9.10. The van der Waals surface area contributed by atoms with Crippen LogP contribution < -0.4 is 15.4 Å². The fourth-order valence-corrected chi connectivity index (χ4v) is 2.03. The Morgan fingerprint density at radius 1 is 1.31 bits per heavy atom. The van der Waals surface area contributed by atoms with Gasteiger partial charge in [0.2, 0.25) is 0 Å². The second-order valence-corrected chi connectivity index (χ2v) is 4.46. The predicted octanol–water partition coefficient (Wildman–Crippen LogP) is 2.16. The maximum atomic E-state index is 5.18. The van der Waals surface area contributed by atoms with Gasteiger partial charge < -0.3 is 15.4 Å². The zero-order valence-electron chi connectivity index (χ0n) is 9.85. The standard InChI is InChI=1S/C12H19BrN2O/c1-14-6-3-7-15-9-10-4-5-12(16-2)11(13)8-10/h4-5,8,14-15H,3,6-7,9H2,1-2H3. The zero-order valence-corrected chi connectivity index (χ0v) is 11.4. The number of halogens is 1. The van der Waals surface area contributed by atoms with E-state index in [0.29, 0.717) is 0 Å². The molecule has 0 spiro atoms. The quantitative estimate of drug-likeness (QED) is 0.754. The molecule has 0 fully saturated rings. The lowest BCUT2D eigenvalue weighted by Crippen LogP contribution is -2.19. The van der Waals surface area contributed by atoms with Crippen molar-refractivity contribution < 1.29 is 4.74 Å². The molecule has 90 valence electrons. The van der Waals surface area contributed by atoms with E-state index in [0.717, 1.165) is 36.3 Å². The number of rotatable bonds is 7. The van der Waals surface area contributed by atoms with Gasteiger partial charge in [0.05, 0.1) is 11.6 Å². The normalized spacial score (nSPS) is 10.4. The summed E-state index contributed by atoms with van der Waals surface area (Å²) < 4.78 is 6.19. The summed E-state index contributed by atoms with van der Waals surface area (Å²) in [5.41, 5.74) is 1.26. The van der Waals surface area contributed by atoms with Crippen LogP contribution in [0.4, 0.5) is 0 Å². The van der Waals surface area contributed by atoms with E-state index in [9.17, 15) is 0 Å². The molecule has 0 aliphatic heterocycles. The Bertz CT molecular complexity index is 318. The molecule has 0 aliphatic carbocycles.